The molecule has 0 aromatic heterocycles. The second-order valence-corrected chi connectivity index (χ2v) is 9.76. The quantitative estimate of drug-likeness (QED) is 0.607. The molecule has 2 N–H and O–H groups in total. The SMILES string of the molecule is O=C(NCC1CCN(CCc2ccccc2)C1)c1cccc(N2NC(=O)C3CC=CCC3C2=O)c1. The summed E-state index contributed by atoms with van der Waals surface area (Å²) < 4.78 is 0. The molecule has 1 aliphatic carbocycles. The highest BCUT2D eigenvalue weighted by Crippen LogP contribution is 2.32. The van der Waals surface area contributed by atoms with E-state index in [0.29, 0.717) is 36.6 Å². The molecular formula is C28H32N4O3. The standard InChI is InChI=1S/C28H32N4O3/c33-26(29-18-21-14-16-31(19-21)15-13-20-7-2-1-3-8-20)22-9-6-10-23(17-22)32-28(35)25-12-5-4-11-24(25)27(34)30-32/h1-10,17,21,24-25H,11-16,18-19H2,(H,29,33)(H,30,34). The third-order valence-electron chi connectivity index (χ3n) is 7.38. The van der Waals surface area contributed by atoms with E-state index in [0.717, 1.165) is 32.5 Å². The Hall–Kier alpha value is -3.45. The van der Waals surface area contributed by atoms with Gasteiger partial charge in [-0.25, -0.2) is 5.01 Å². The van der Waals surface area contributed by atoms with Gasteiger partial charge in [-0.05, 0) is 61.9 Å². The van der Waals surface area contributed by atoms with Gasteiger partial charge in [0, 0.05) is 25.2 Å². The van der Waals surface area contributed by atoms with E-state index in [4.69, 9.17) is 0 Å². The minimum atomic E-state index is -0.349. The molecule has 3 unspecified atom stereocenters. The fraction of sp³-hybridized carbons (Fsp3) is 0.393. The molecule has 3 aliphatic rings. The maximum Gasteiger partial charge on any atom is 0.251 e. The number of hydrazine groups is 1. The predicted octanol–water partition coefficient (Wildman–Crippen LogP) is 2.94. The molecule has 7 nitrogen and oxygen atoms in total. The Balaban J connectivity index is 1.14. The van der Waals surface area contributed by atoms with Crippen molar-refractivity contribution in [1.82, 2.24) is 15.6 Å². The summed E-state index contributed by atoms with van der Waals surface area (Å²) in [7, 11) is 0. The number of carbonyl (C=O) groups excluding carboxylic acids is 3. The molecule has 0 bridgehead atoms. The molecule has 0 saturated carbocycles. The van der Waals surface area contributed by atoms with Crippen molar-refractivity contribution in [3.8, 4) is 0 Å². The molecule has 35 heavy (non-hydrogen) atoms. The summed E-state index contributed by atoms with van der Waals surface area (Å²) >= 11 is 0. The highest BCUT2D eigenvalue weighted by atomic mass is 16.2. The zero-order valence-corrected chi connectivity index (χ0v) is 19.9. The van der Waals surface area contributed by atoms with Crippen LogP contribution in [-0.2, 0) is 16.0 Å². The Morgan fingerprint density at radius 3 is 2.63 bits per heavy atom. The minimum Gasteiger partial charge on any atom is -0.352 e. The highest BCUT2D eigenvalue weighted by molar-refractivity contribution is 6.05. The van der Waals surface area contributed by atoms with Crippen molar-refractivity contribution in [1.29, 1.82) is 0 Å². The number of allylic oxidation sites excluding steroid dienone is 2. The van der Waals surface area contributed by atoms with Gasteiger partial charge in [-0.3, -0.25) is 19.8 Å². The number of benzene rings is 2. The van der Waals surface area contributed by atoms with E-state index in [1.165, 1.54) is 10.6 Å². The van der Waals surface area contributed by atoms with Crippen LogP contribution in [0.25, 0.3) is 0 Å². The first-order chi connectivity index (χ1) is 17.1. The Morgan fingerprint density at radius 2 is 1.80 bits per heavy atom. The Kier molecular flexibility index (Phi) is 6.95. The van der Waals surface area contributed by atoms with E-state index in [2.05, 4.69) is 39.9 Å². The van der Waals surface area contributed by atoms with E-state index in [1.807, 2.05) is 18.2 Å². The Bertz CT molecular complexity index is 1120. The van der Waals surface area contributed by atoms with Crippen molar-refractivity contribution >= 4 is 23.4 Å². The normalized spacial score (nSPS) is 24.2. The van der Waals surface area contributed by atoms with E-state index >= 15 is 0 Å². The minimum absolute atomic E-state index is 0.127. The summed E-state index contributed by atoms with van der Waals surface area (Å²) in [5.41, 5.74) is 5.07. The number of hydrogen-bond acceptors (Lipinski definition) is 4. The van der Waals surface area contributed by atoms with Gasteiger partial charge in [0.25, 0.3) is 5.91 Å². The van der Waals surface area contributed by atoms with Gasteiger partial charge in [-0.1, -0.05) is 48.6 Å². The number of likely N-dealkylation sites (tertiary alicyclic amines) is 1. The van der Waals surface area contributed by atoms with E-state index in [9.17, 15) is 14.4 Å². The summed E-state index contributed by atoms with van der Waals surface area (Å²) in [4.78, 5) is 40.9. The molecule has 2 fully saturated rings. The lowest BCUT2D eigenvalue weighted by molar-refractivity contribution is -0.139. The second kappa shape index (κ2) is 10.4. The van der Waals surface area contributed by atoms with Gasteiger partial charge in [0.15, 0.2) is 0 Å². The number of nitrogens with zero attached hydrogens (tertiary/aromatic N) is 2. The second-order valence-electron chi connectivity index (χ2n) is 9.76. The van der Waals surface area contributed by atoms with Crippen LogP contribution in [-0.4, -0.2) is 48.8 Å². The molecule has 2 heterocycles. The van der Waals surface area contributed by atoms with Crippen molar-refractivity contribution < 1.29 is 14.4 Å². The smallest absolute Gasteiger partial charge is 0.251 e. The molecule has 2 saturated heterocycles. The molecule has 2 aliphatic heterocycles. The van der Waals surface area contributed by atoms with Crippen LogP contribution in [0.3, 0.4) is 0 Å². The van der Waals surface area contributed by atoms with Crippen LogP contribution in [0.4, 0.5) is 5.69 Å². The number of rotatable bonds is 7. The number of anilines is 1. The van der Waals surface area contributed by atoms with Crippen LogP contribution in [0, 0.1) is 17.8 Å². The summed E-state index contributed by atoms with van der Waals surface area (Å²) in [6.07, 6.45) is 7.19. The molecule has 5 rings (SSSR count). The molecule has 0 radical (unpaired) electrons. The third-order valence-corrected chi connectivity index (χ3v) is 7.38. The zero-order chi connectivity index (χ0) is 24.2. The van der Waals surface area contributed by atoms with Crippen molar-refractivity contribution in [3.63, 3.8) is 0 Å². The van der Waals surface area contributed by atoms with Gasteiger partial charge in [-0.15, -0.1) is 0 Å². The molecule has 2 aromatic carbocycles. The number of fused-ring (bicyclic) bond motifs is 1. The van der Waals surface area contributed by atoms with E-state index in [1.54, 1.807) is 24.3 Å². The van der Waals surface area contributed by atoms with Gasteiger partial charge in [0.1, 0.15) is 0 Å². The van der Waals surface area contributed by atoms with Crippen LogP contribution < -0.4 is 15.8 Å². The molecule has 2 aromatic rings. The van der Waals surface area contributed by atoms with Crippen LogP contribution in [0.5, 0.6) is 0 Å². The van der Waals surface area contributed by atoms with Crippen LogP contribution in [0.2, 0.25) is 0 Å². The number of carbonyl (C=O) groups is 3. The zero-order valence-electron chi connectivity index (χ0n) is 19.9. The van der Waals surface area contributed by atoms with E-state index in [-0.39, 0.29) is 29.6 Å². The molecule has 3 atom stereocenters. The molecule has 7 heteroatoms. The monoisotopic (exact) mass is 472 g/mol. The Labute approximate surface area is 206 Å². The molecule has 3 amide bonds. The lowest BCUT2D eigenvalue weighted by atomic mass is 9.80. The van der Waals surface area contributed by atoms with Crippen molar-refractivity contribution in [2.24, 2.45) is 17.8 Å². The van der Waals surface area contributed by atoms with Gasteiger partial charge >= 0.3 is 0 Å². The maximum absolute atomic E-state index is 13.0. The van der Waals surface area contributed by atoms with Crippen molar-refractivity contribution in [3.05, 3.63) is 77.9 Å². The predicted molar refractivity (Wildman–Crippen MR) is 134 cm³/mol. The third kappa shape index (κ3) is 5.30. The average molecular weight is 473 g/mol. The number of nitrogens with one attached hydrogen (secondary N) is 2. The summed E-state index contributed by atoms with van der Waals surface area (Å²) in [5, 5.41) is 4.37. The van der Waals surface area contributed by atoms with Crippen molar-refractivity contribution in [2.75, 3.05) is 31.2 Å². The van der Waals surface area contributed by atoms with Gasteiger partial charge in [-0.2, -0.15) is 0 Å². The number of amides is 3. The highest BCUT2D eigenvalue weighted by Gasteiger charge is 2.42. The molecule has 182 valence electrons. The van der Waals surface area contributed by atoms with Gasteiger partial charge in [0.05, 0.1) is 17.5 Å². The first-order valence-corrected chi connectivity index (χ1v) is 12.5. The lowest BCUT2D eigenvalue weighted by Crippen LogP contribution is -2.59. The topological polar surface area (TPSA) is 81.8 Å². The summed E-state index contributed by atoms with van der Waals surface area (Å²) in [6, 6.07) is 17.4. The largest absolute Gasteiger partial charge is 0.352 e. The van der Waals surface area contributed by atoms with Crippen molar-refractivity contribution in [2.45, 2.75) is 25.7 Å². The fourth-order valence-corrected chi connectivity index (χ4v) is 5.32. The summed E-state index contributed by atoms with van der Waals surface area (Å²) in [6.45, 7) is 3.69. The first-order valence-electron chi connectivity index (χ1n) is 12.5. The Morgan fingerprint density at radius 1 is 1.00 bits per heavy atom. The maximum atomic E-state index is 13.0. The first kappa shape index (κ1) is 23.3. The van der Waals surface area contributed by atoms with Crippen LogP contribution >= 0.6 is 0 Å². The van der Waals surface area contributed by atoms with Gasteiger partial charge in [0.2, 0.25) is 11.8 Å². The number of hydrogen-bond donors (Lipinski definition) is 2. The lowest BCUT2D eigenvalue weighted by Gasteiger charge is -2.38. The summed E-state index contributed by atoms with van der Waals surface area (Å²) in [5.74, 6) is -0.668. The average Bonchev–Trinajstić information content (AvgIpc) is 3.37. The van der Waals surface area contributed by atoms with Crippen LogP contribution in [0.15, 0.2) is 66.7 Å². The van der Waals surface area contributed by atoms with Gasteiger partial charge < -0.3 is 10.2 Å². The molecule has 0 spiro atoms. The van der Waals surface area contributed by atoms with Crippen LogP contribution in [0.1, 0.15) is 35.2 Å². The fourth-order valence-electron chi connectivity index (χ4n) is 5.32. The van der Waals surface area contributed by atoms with E-state index < -0.39 is 0 Å². The molecular weight excluding hydrogens is 440 g/mol.